The molecule has 10 heteroatoms. The molecule has 0 radical (unpaired) electrons. The lowest BCUT2D eigenvalue weighted by Gasteiger charge is -2.27. The Morgan fingerprint density at radius 2 is 1.81 bits per heavy atom. The van der Waals surface area contributed by atoms with Crippen molar-refractivity contribution in [3.8, 4) is 11.1 Å². The van der Waals surface area contributed by atoms with Gasteiger partial charge in [0.1, 0.15) is 17.9 Å². The Labute approximate surface area is 184 Å². The number of hydroxylamine groups is 1. The Balaban J connectivity index is 2.74. The highest BCUT2D eigenvalue weighted by molar-refractivity contribution is 6.30. The van der Waals surface area contributed by atoms with E-state index in [-0.39, 0.29) is 16.7 Å². The number of hydrogen-bond acceptors (Lipinski definition) is 4. The van der Waals surface area contributed by atoms with Gasteiger partial charge in [-0.1, -0.05) is 44.5 Å². The Morgan fingerprint density at radius 1 is 1.23 bits per heavy atom. The minimum atomic E-state index is -4.75. The second-order valence-electron chi connectivity index (χ2n) is 8.33. The molecule has 31 heavy (non-hydrogen) atoms. The number of benzene rings is 1. The predicted molar refractivity (Wildman–Crippen MR) is 114 cm³/mol. The Bertz CT molecular complexity index is 947. The van der Waals surface area contributed by atoms with Crippen LogP contribution in [0.15, 0.2) is 30.3 Å². The molecule has 0 aliphatic carbocycles. The van der Waals surface area contributed by atoms with E-state index in [2.05, 4.69) is 5.48 Å². The topological polar surface area (TPSA) is 70.3 Å². The number of nitrogens with zero attached hydrogens (tertiary/aromatic N) is 2. The molecule has 170 valence electrons. The van der Waals surface area contributed by atoms with Crippen LogP contribution in [0.1, 0.15) is 37.0 Å². The molecule has 0 aliphatic heterocycles. The monoisotopic (exact) mass is 458 g/mol. The van der Waals surface area contributed by atoms with Gasteiger partial charge < -0.3 is 14.3 Å². The van der Waals surface area contributed by atoms with Crippen LogP contribution >= 0.6 is 11.6 Å². The molecular formula is C21H26ClF3N4O2. The van der Waals surface area contributed by atoms with Gasteiger partial charge in [-0.25, -0.2) is 0 Å². The van der Waals surface area contributed by atoms with E-state index < -0.39 is 30.2 Å². The van der Waals surface area contributed by atoms with Crippen LogP contribution in [-0.2, 0) is 17.6 Å². The van der Waals surface area contributed by atoms with Gasteiger partial charge in [-0.15, -0.1) is 0 Å². The van der Waals surface area contributed by atoms with Crippen molar-refractivity contribution in [3.63, 3.8) is 0 Å². The zero-order chi connectivity index (χ0) is 23.6. The van der Waals surface area contributed by atoms with Crippen LogP contribution in [0, 0.1) is 10.8 Å². The van der Waals surface area contributed by atoms with Gasteiger partial charge >= 0.3 is 6.18 Å². The van der Waals surface area contributed by atoms with Crippen molar-refractivity contribution in [3.05, 3.63) is 46.7 Å². The van der Waals surface area contributed by atoms with Crippen LogP contribution in [0.2, 0.25) is 5.02 Å². The Kier molecular flexibility index (Phi) is 7.44. The van der Waals surface area contributed by atoms with E-state index in [4.69, 9.17) is 21.8 Å². The third kappa shape index (κ3) is 6.24. The fraction of sp³-hybridized carbons (Fsp3) is 0.429. The maximum Gasteiger partial charge on any atom is 0.431 e. The van der Waals surface area contributed by atoms with Gasteiger partial charge in [-0.05, 0) is 29.2 Å². The molecule has 2 N–H and O–H groups in total. The molecule has 0 aliphatic rings. The molecule has 0 unspecified atom stereocenters. The predicted octanol–water partition coefficient (Wildman–Crippen LogP) is 5.07. The van der Waals surface area contributed by atoms with Crippen LogP contribution in [0.25, 0.3) is 11.1 Å². The molecule has 0 bridgehead atoms. The molecule has 0 atom stereocenters. The second kappa shape index (κ2) is 9.32. The zero-order valence-corrected chi connectivity index (χ0v) is 18.8. The molecule has 1 heterocycles. The first-order valence-electron chi connectivity index (χ1n) is 9.47. The summed E-state index contributed by atoms with van der Waals surface area (Å²) in [7, 11) is 2.93. The summed E-state index contributed by atoms with van der Waals surface area (Å²) in [5.41, 5.74) is 1.28. The van der Waals surface area contributed by atoms with Crippen LogP contribution in [0.4, 0.5) is 13.2 Å². The Morgan fingerprint density at radius 3 is 2.29 bits per heavy atom. The van der Waals surface area contributed by atoms with Crippen molar-refractivity contribution >= 4 is 23.4 Å². The number of halogens is 4. The van der Waals surface area contributed by atoms with E-state index in [0.29, 0.717) is 17.1 Å². The standard InChI is InChI=1S/C21H26ClF3N4O2/c1-20(2,3)12-28(5)19(30)18-15(13-6-8-14(22)9-7-13)10-16(21(23,24)25)29(18)11-17(26)31-27-4/h6-10,26-27H,11-12H2,1-5H3. The first-order chi connectivity index (χ1) is 14.2. The first-order valence-corrected chi connectivity index (χ1v) is 9.85. The largest absolute Gasteiger partial charge is 0.431 e. The summed E-state index contributed by atoms with van der Waals surface area (Å²) in [6, 6.07) is 7.12. The summed E-state index contributed by atoms with van der Waals surface area (Å²) in [5, 5.41) is 8.26. The van der Waals surface area contributed by atoms with E-state index in [1.807, 2.05) is 20.8 Å². The average molecular weight is 459 g/mol. The average Bonchev–Trinajstić information content (AvgIpc) is 2.99. The normalized spacial score (nSPS) is 12.0. The van der Waals surface area contributed by atoms with E-state index in [0.717, 1.165) is 10.6 Å². The maximum atomic E-state index is 13.9. The number of amides is 1. The molecule has 2 aromatic rings. The fourth-order valence-electron chi connectivity index (χ4n) is 3.29. The quantitative estimate of drug-likeness (QED) is 0.360. The van der Waals surface area contributed by atoms with Crippen molar-refractivity contribution < 1.29 is 22.8 Å². The molecular weight excluding hydrogens is 433 g/mol. The number of nitrogens with one attached hydrogen (secondary N) is 2. The highest BCUT2D eigenvalue weighted by Crippen LogP contribution is 2.38. The third-order valence-corrected chi connectivity index (χ3v) is 4.58. The minimum absolute atomic E-state index is 0.104. The van der Waals surface area contributed by atoms with Crippen molar-refractivity contribution in [2.75, 3.05) is 20.6 Å². The number of hydrogen-bond donors (Lipinski definition) is 2. The fourth-order valence-corrected chi connectivity index (χ4v) is 3.42. The number of alkyl halides is 3. The Hall–Kier alpha value is -2.52. The molecule has 1 amide bonds. The lowest BCUT2D eigenvalue weighted by Crippen LogP contribution is -2.36. The van der Waals surface area contributed by atoms with Crippen molar-refractivity contribution in [2.24, 2.45) is 5.41 Å². The van der Waals surface area contributed by atoms with Crippen molar-refractivity contribution in [1.82, 2.24) is 14.9 Å². The SMILES string of the molecule is CNOC(=N)Cn1c(C(F)(F)F)cc(-c2ccc(Cl)cc2)c1C(=O)N(C)CC(C)(C)C. The molecule has 0 saturated carbocycles. The summed E-state index contributed by atoms with van der Waals surface area (Å²) in [4.78, 5) is 19.6. The lowest BCUT2D eigenvalue weighted by atomic mass is 9.96. The van der Waals surface area contributed by atoms with Gasteiger partial charge in [0.25, 0.3) is 5.91 Å². The van der Waals surface area contributed by atoms with E-state index >= 15 is 0 Å². The number of carbonyl (C=O) groups excluding carboxylic acids is 1. The lowest BCUT2D eigenvalue weighted by molar-refractivity contribution is -0.143. The molecule has 1 aromatic carbocycles. The van der Waals surface area contributed by atoms with Gasteiger partial charge in [-0.2, -0.15) is 18.7 Å². The highest BCUT2D eigenvalue weighted by Gasteiger charge is 2.39. The van der Waals surface area contributed by atoms with Crippen LogP contribution in [0.3, 0.4) is 0 Å². The van der Waals surface area contributed by atoms with Crippen molar-refractivity contribution in [2.45, 2.75) is 33.5 Å². The smallest absolute Gasteiger partial charge is 0.392 e. The van der Waals surface area contributed by atoms with Crippen LogP contribution in [-0.4, -0.2) is 41.9 Å². The summed E-state index contributed by atoms with van der Waals surface area (Å²) < 4.78 is 42.5. The first kappa shape index (κ1) is 24.7. The van der Waals surface area contributed by atoms with E-state index in [1.165, 1.54) is 11.9 Å². The highest BCUT2D eigenvalue weighted by atomic mass is 35.5. The van der Waals surface area contributed by atoms with Gasteiger partial charge in [0, 0.05) is 31.2 Å². The summed E-state index contributed by atoms with van der Waals surface area (Å²) >= 11 is 5.93. The summed E-state index contributed by atoms with van der Waals surface area (Å²) in [6.45, 7) is 5.52. The number of aromatic nitrogens is 1. The summed E-state index contributed by atoms with van der Waals surface area (Å²) in [5.74, 6) is -1.06. The van der Waals surface area contributed by atoms with Crippen LogP contribution in [0.5, 0.6) is 0 Å². The molecule has 0 spiro atoms. The van der Waals surface area contributed by atoms with Gasteiger partial charge in [0.2, 0.25) is 5.90 Å². The minimum Gasteiger partial charge on any atom is -0.392 e. The van der Waals surface area contributed by atoms with E-state index in [1.54, 1.807) is 31.3 Å². The maximum absolute atomic E-state index is 13.9. The van der Waals surface area contributed by atoms with E-state index in [9.17, 15) is 18.0 Å². The molecule has 1 aromatic heterocycles. The third-order valence-electron chi connectivity index (χ3n) is 4.33. The molecule has 2 rings (SSSR count). The van der Waals surface area contributed by atoms with Gasteiger partial charge in [-0.3, -0.25) is 10.2 Å². The molecule has 6 nitrogen and oxygen atoms in total. The van der Waals surface area contributed by atoms with Crippen LogP contribution < -0.4 is 5.48 Å². The number of carbonyl (C=O) groups is 1. The molecule has 0 fully saturated rings. The summed E-state index contributed by atoms with van der Waals surface area (Å²) in [6.07, 6.45) is -4.75. The van der Waals surface area contributed by atoms with Gasteiger partial charge in [0.15, 0.2) is 0 Å². The number of rotatable bonds is 6. The zero-order valence-electron chi connectivity index (χ0n) is 18.0. The molecule has 0 saturated heterocycles. The van der Waals surface area contributed by atoms with Crippen molar-refractivity contribution in [1.29, 1.82) is 5.41 Å². The van der Waals surface area contributed by atoms with Gasteiger partial charge in [0.05, 0.1) is 0 Å². The second-order valence-corrected chi connectivity index (χ2v) is 8.77.